The van der Waals surface area contributed by atoms with E-state index in [1.807, 2.05) is 0 Å². The molecule has 0 saturated heterocycles. The van der Waals surface area contributed by atoms with Gasteiger partial charge in [-0.3, -0.25) is 14.4 Å². The number of nitrogens with one attached hydrogen (secondary N) is 2. The van der Waals surface area contributed by atoms with Crippen LogP contribution in [-0.4, -0.2) is 40.5 Å². The minimum Gasteiger partial charge on any atom is -0.504 e. The normalized spacial score (nSPS) is 23.5. The first kappa shape index (κ1) is 24.9. The van der Waals surface area contributed by atoms with Gasteiger partial charge in [0.2, 0.25) is 11.8 Å². The van der Waals surface area contributed by atoms with E-state index in [-0.39, 0.29) is 17.9 Å². The van der Waals surface area contributed by atoms with Crippen molar-refractivity contribution in [1.29, 1.82) is 0 Å². The molecule has 0 radical (unpaired) electrons. The summed E-state index contributed by atoms with van der Waals surface area (Å²) in [6.45, 7) is 1.43. The molecule has 0 spiro atoms. The Labute approximate surface area is 208 Å². The molecule has 1 saturated carbocycles. The summed E-state index contributed by atoms with van der Waals surface area (Å²) in [5.41, 5.74) is -0.322. The average molecular weight is 489 g/mol. The Balaban J connectivity index is 1.81. The van der Waals surface area contributed by atoms with Crippen molar-refractivity contribution in [3.8, 4) is 11.5 Å². The summed E-state index contributed by atoms with van der Waals surface area (Å²) in [4.78, 5) is 40.5. The Hall–Kier alpha value is -4.17. The van der Waals surface area contributed by atoms with E-state index in [4.69, 9.17) is 4.74 Å². The van der Waals surface area contributed by atoms with Crippen LogP contribution in [0.1, 0.15) is 24.8 Å². The lowest BCUT2D eigenvalue weighted by Gasteiger charge is -2.44. The number of para-hydroxylation sites is 2. The summed E-state index contributed by atoms with van der Waals surface area (Å²) in [6.07, 6.45) is -0.377. The fourth-order valence-electron chi connectivity index (χ4n) is 4.88. The monoisotopic (exact) mass is 488 g/mol. The predicted molar refractivity (Wildman–Crippen MR) is 135 cm³/mol. The molecule has 3 aromatic rings. The van der Waals surface area contributed by atoms with Gasteiger partial charge in [0, 0.05) is 23.7 Å². The summed E-state index contributed by atoms with van der Waals surface area (Å²) in [5.74, 6) is -5.11. The Morgan fingerprint density at radius 1 is 0.917 bits per heavy atom. The van der Waals surface area contributed by atoms with Gasteiger partial charge < -0.3 is 25.6 Å². The summed E-state index contributed by atoms with van der Waals surface area (Å²) in [7, 11) is 1.38. The molecule has 0 unspecified atom stereocenters. The van der Waals surface area contributed by atoms with Crippen LogP contribution in [0.4, 0.5) is 11.4 Å². The molecule has 0 heterocycles. The Morgan fingerprint density at radius 2 is 1.47 bits per heavy atom. The van der Waals surface area contributed by atoms with Crippen LogP contribution in [0.3, 0.4) is 0 Å². The van der Waals surface area contributed by atoms with Gasteiger partial charge >= 0.3 is 0 Å². The summed E-state index contributed by atoms with van der Waals surface area (Å²) in [5, 5.41) is 27.1. The molecule has 0 aliphatic heterocycles. The van der Waals surface area contributed by atoms with Gasteiger partial charge in [0.25, 0.3) is 0 Å². The van der Waals surface area contributed by atoms with Gasteiger partial charge in [0.15, 0.2) is 11.5 Å². The number of phenolic OH excluding ortho intramolecular Hbond substituents is 1. The number of carbonyl (C=O) groups excluding carboxylic acids is 3. The third-order valence-corrected chi connectivity index (χ3v) is 6.50. The van der Waals surface area contributed by atoms with Crippen LogP contribution in [-0.2, 0) is 14.4 Å². The summed E-state index contributed by atoms with van der Waals surface area (Å²) in [6, 6.07) is 21.8. The average Bonchev–Trinajstić information content (AvgIpc) is 2.84. The number of phenols is 1. The highest BCUT2D eigenvalue weighted by Crippen LogP contribution is 2.47. The van der Waals surface area contributed by atoms with Crippen molar-refractivity contribution in [3.63, 3.8) is 0 Å². The molecule has 186 valence electrons. The van der Waals surface area contributed by atoms with Gasteiger partial charge in [0.1, 0.15) is 11.7 Å². The third-order valence-electron chi connectivity index (χ3n) is 6.50. The molecule has 4 N–H and O–H groups in total. The second-order valence-corrected chi connectivity index (χ2v) is 9.12. The van der Waals surface area contributed by atoms with E-state index < -0.39 is 41.0 Å². The first-order valence-electron chi connectivity index (χ1n) is 11.5. The van der Waals surface area contributed by atoms with Crippen LogP contribution in [0.15, 0.2) is 78.9 Å². The molecular weight excluding hydrogens is 460 g/mol. The number of amides is 2. The SMILES string of the molecule is COc1cc([C@@H]2[C@H](C(=O)Nc3ccccc3)C(=O)C[C@](C)(O)[C@@H]2C(=O)Nc2ccccc2)ccc1O. The van der Waals surface area contributed by atoms with Crippen molar-refractivity contribution < 1.29 is 29.3 Å². The van der Waals surface area contributed by atoms with Crippen LogP contribution in [0.25, 0.3) is 0 Å². The molecule has 1 aliphatic carbocycles. The summed E-state index contributed by atoms with van der Waals surface area (Å²) >= 11 is 0. The number of hydrogen-bond acceptors (Lipinski definition) is 6. The Morgan fingerprint density at radius 3 is 2.03 bits per heavy atom. The van der Waals surface area contributed by atoms with Crippen molar-refractivity contribution in [2.75, 3.05) is 17.7 Å². The first-order chi connectivity index (χ1) is 17.2. The number of Topliss-reactive ketones (excluding diaryl/α,β-unsaturated/α-hetero) is 1. The van der Waals surface area contributed by atoms with Crippen LogP contribution in [0, 0.1) is 11.8 Å². The van der Waals surface area contributed by atoms with Crippen molar-refractivity contribution in [2.24, 2.45) is 11.8 Å². The van der Waals surface area contributed by atoms with Crippen molar-refractivity contribution in [1.82, 2.24) is 0 Å². The minimum absolute atomic E-state index is 0.120. The molecule has 8 heteroatoms. The van der Waals surface area contributed by atoms with Crippen molar-refractivity contribution >= 4 is 29.0 Å². The molecule has 1 aliphatic rings. The molecular formula is C28H28N2O6. The Bertz CT molecular complexity index is 1260. The fourth-order valence-corrected chi connectivity index (χ4v) is 4.88. The number of anilines is 2. The van der Waals surface area contributed by atoms with Gasteiger partial charge in [0.05, 0.1) is 18.6 Å². The van der Waals surface area contributed by atoms with E-state index in [2.05, 4.69) is 10.6 Å². The summed E-state index contributed by atoms with van der Waals surface area (Å²) < 4.78 is 5.24. The second-order valence-electron chi connectivity index (χ2n) is 9.12. The molecule has 4 rings (SSSR count). The van der Waals surface area contributed by atoms with Gasteiger partial charge in [-0.15, -0.1) is 0 Å². The van der Waals surface area contributed by atoms with Crippen molar-refractivity contribution in [2.45, 2.75) is 24.9 Å². The highest BCUT2D eigenvalue weighted by molar-refractivity contribution is 6.10. The standard InChI is InChI=1S/C28H28N2O6/c1-28(35)16-21(32)24(26(33)29-18-9-5-3-6-10-18)23(17-13-14-20(31)22(15-17)36-2)25(28)27(34)30-19-11-7-4-8-12-19/h3-15,23-25,31,35H,16H2,1-2H3,(H,29,33)(H,30,34)/t23-,24-,25+,28+/m1/s1. The highest BCUT2D eigenvalue weighted by atomic mass is 16.5. The molecule has 4 atom stereocenters. The molecule has 36 heavy (non-hydrogen) atoms. The predicted octanol–water partition coefficient (Wildman–Crippen LogP) is 3.72. The van der Waals surface area contributed by atoms with E-state index in [1.165, 1.54) is 32.2 Å². The quantitative estimate of drug-likeness (QED) is 0.392. The number of ketones is 1. The van der Waals surface area contributed by atoms with E-state index in [9.17, 15) is 24.6 Å². The zero-order valence-corrected chi connectivity index (χ0v) is 20.0. The zero-order chi connectivity index (χ0) is 25.9. The smallest absolute Gasteiger partial charge is 0.235 e. The zero-order valence-electron chi connectivity index (χ0n) is 20.0. The third kappa shape index (κ3) is 5.08. The number of carbonyl (C=O) groups is 3. The van der Waals surface area contributed by atoms with Crippen LogP contribution >= 0.6 is 0 Å². The molecule has 8 nitrogen and oxygen atoms in total. The maximum Gasteiger partial charge on any atom is 0.235 e. The number of benzene rings is 3. The highest BCUT2D eigenvalue weighted by Gasteiger charge is 2.56. The lowest BCUT2D eigenvalue weighted by Crippen LogP contribution is -2.56. The van der Waals surface area contributed by atoms with E-state index in [0.717, 1.165) is 0 Å². The van der Waals surface area contributed by atoms with Crippen LogP contribution in [0.2, 0.25) is 0 Å². The number of rotatable bonds is 6. The largest absolute Gasteiger partial charge is 0.504 e. The number of hydrogen-bond donors (Lipinski definition) is 4. The van der Waals surface area contributed by atoms with E-state index in [0.29, 0.717) is 16.9 Å². The van der Waals surface area contributed by atoms with Crippen LogP contribution in [0.5, 0.6) is 11.5 Å². The van der Waals surface area contributed by atoms with Gasteiger partial charge in [-0.25, -0.2) is 0 Å². The Kier molecular flexibility index (Phi) is 7.07. The second kappa shape index (κ2) is 10.2. The van der Waals surface area contributed by atoms with E-state index in [1.54, 1.807) is 60.7 Å². The number of ether oxygens (including phenoxy) is 1. The topological polar surface area (TPSA) is 125 Å². The maximum atomic E-state index is 13.6. The van der Waals surface area contributed by atoms with Crippen molar-refractivity contribution in [3.05, 3.63) is 84.4 Å². The fraction of sp³-hybridized carbons (Fsp3) is 0.250. The number of aromatic hydroxyl groups is 1. The molecule has 2 amide bonds. The maximum absolute atomic E-state index is 13.6. The number of aliphatic hydroxyl groups is 1. The first-order valence-corrected chi connectivity index (χ1v) is 11.5. The molecule has 0 bridgehead atoms. The number of methoxy groups -OCH3 is 1. The minimum atomic E-state index is -1.74. The van der Waals surface area contributed by atoms with Gasteiger partial charge in [-0.2, -0.15) is 0 Å². The van der Waals surface area contributed by atoms with Crippen LogP contribution < -0.4 is 15.4 Å². The van der Waals surface area contributed by atoms with E-state index >= 15 is 0 Å². The lowest BCUT2D eigenvalue weighted by molar-refractivity contribution is -0.150. The van der Waals surface area contributed by atoms with Gasteiger partial charge in [-0.1, -0.05) is 42.5 Å². The molecule has 1 fully saturated rings. The lowest BCUT2D eigenvalue weighted by atomic mass is 9.61. The molecule has 0 aromatic heterocycles. The molecule has 3 aromatic carbocycles. The van der Waals surface area contributed by atoms with Gasteiger partial charge in [-0.05, 0) is 48.9 Å².